The summed E-state index contributed by atoms with van der Waals surface area (Å²) in [5.74, 6) is 0.821. The fourth-order valence-electron chi connectivity index (χ4n) is 2.45. The summed E-state index contributed by atoms with van der Waals surface area (Å²) in [5.41, 5.74) is 2.46. The summed E-state index contributed by atoms with van der Waals surface area (Å²) in [6.45, 7) is 3.06. The van der Waals surface area contributed by atoms with Crippen LogP contribution in [-0.2, 0) is 6.54 Å². The van der Waals surface area contributed by atoms with Gasteiger partial charge in [-0.25, -0.2) is 0 Å². The molecule has 1 aromatic heterocycles. The molecule has 0 aliphatic rings. The van der Waals surface area contributed by atoms with Gasteiger partial charge in [0.05, 0.1) is 25.0 Å². The molecule has 0 unspecified atom stereocenters. The predicted molar refractivity (Wildman–Crippen MR) is 115 cm³/mol. The third kappa shape index (κ3) is 5.35. The molecule has 0 saturated heterocycles. The summed E-state index contributed by atoms with van der Waals surface area (Å²) in [4.78, 5) is 0. The zero-order valence-electron chi connectivity index (χ0n) is 14.6. The molecule has 8 heteroatoms. The van der Waals surface area contributed by atoms with Crippen molar-refractivity contribution in [1.82, 2.24) is 9.78 Å². The van der Waals surface area contributed by atoms with Gasteiger partial charge in [0.25, 0.3) is 0 Å². The summed E-state index contributed by atoms with van der Waals surface area (Å²) in [5, 5.41) is 12.2. The van der Waals surface area contributed by atoms with E-state index in [2.05, 4.69) is 15.7 Å². The van der Waals surface area contributed by atoms with Crippen LogP contribution in [-0.4, -0.2) is 21.5 Å². The molecule has 0 atom stereocenters. The maximum Gasteiger partial charge on any atom is 0.175 e. The lowest BCUT2D eigenvalue weighted by molar-refractivity contribution is 0.340. The number of thiocarbonyl (C=S) groups is 1. The van der Waals surface area contributed by atoms with E-state index in [-0.39, 0.29) is 0 Å². The van der Waals surface area contributed by atoms with Crippen molar-refractivity contribution in [2.75, 3.05) is 17.2 Å². The van der Waals surface area contributed by atoms with Crippen LogP contribution < -0.4 is 15.4 Å². The van der Waals surface area contributed by atoms with Gasteiger partial charge in [0.2, 0.25) is 0 Å². The summed E-state index contributed by atoms with van der Waals surface area (Å²) >= 11 is 17.8. The van der Waals surface area contributed by atoms with Gasteiger partial charge in [0.15, 0.2) is 5.11 Å². The van der Waals surface area contributed by atoms with Crippen LogP contribution in [0.3, 0.4) is 0 Å². The lowest BCUT2D eigenvalue weighted by Gasteiger charge is -2.10. The smallest absolute Gasteiger partial charge is 0.175 e. The Bertz CT molecular complexity index is 907. The first-order valence-corrected chi connectivity index (χ1v) is 9.48. The van der Waals surface area contributed by atoms with Crippen LogP contribution in [0.25, 0.3) is 0 Å². The van der Waals surface area contributed by atoms with E-state index in [1.165, 1.54) is 0 Å². The molecule has 0 saturated carbocycles. The van der Waals surface area contributed by atoms with E-state index in [0.717, 1.165) is 22.7 Å². The highest BCUT2D eigenvalue weighted by Crippen LogP contribution is 2.25. The Hall–Kier alpha value is -2.28. The molecule has 0 bridgehead atoms. The van der Waals surface area contributed by atoms with Crippen LogP contribution in [0, 0.1) is 0 Å². The molecular formula is C19H18Cl2N4OS. The average molecular weight is 421 g/mol. The molecule has 3 rings (SSSR count). The standard InChI is InChI=1S/C19H18Cl2N4OS/c1-2-26-15-8-6-13(7-9-15)23-19(27)24-14-10-22-25(11-14)12-16-17(20)4-3-5-18(16)21/h3-11H,2,12H2,1H3,(H2,23,24,27). The number of nitrogens with zero attached hydrogens (tertiary/aromatic N) is 2. The van der Waals surface area contributed by atoms with Gasteiger partial charge in [0.1, 0.15) is 5.75 Å². The molecular weight excluding hydrogens is 403 g/mol. The van der Waals surface area contributed by atoms with Crippen LogP contribution >= 0.6 is 35.4 Å². The molecule has 0 aliphatic heterocycles. The SMILES string of the molecule is CCOc1ccc(NC(=S)Nc2cnn(Cc3c(Cl)cccc3Cl)c2)cc1. The molecule has 0 spiro atoms. The van der Waals surface area contributed by atoms with Crippen LogP contribution in [0.4, 0.5) is 11.4 Å². The summed E-state index contributed by atoms with van der Waals surface area (Å²) in [6.07, 6.45) is 3.53. The number of benzene rings is 2. The molecule has 0 radical (unpaired) electrons. The van der Waals surface area contributed by atoms with Crippen molar-refractivity contribution in [3.63, 3.8) is 0 Å². The van der Waals surface area contributed by atoms with Crippen LogP contribution in [0.5, 0.6) is 5.75 Å². The number of rotatable bonds is 6. The van der Waals surface area contributed by atoms with Crippen LogP contribution in [0.2, 0.25) is 10.0 Å². The average Bonchev–Trinajstić information content (AvgIpc) is 3.07. The number of hydrogen-bond acceptors (Lipinski definition) is 3. The minimum Gasteiger partial charge on any atom is -0.494 e. The Labute approximate surface area is 173 Å². The van der Waals surface area contributed by atoms with Crippen molar-refractivity contribution in [1.29, 1.82) is 0 Å². The van der Waals surface area contributed by atoms with Gasteiger partial charge in [-0.1, -0.05) is 29.3 Å². The Morgan fingerprint density at radius 2 is 1.74 bits per heavy atom. The molecule has 2 aromatic carbocycles. The van der Waals surface area contributed by atoms with Gasteiger partial charge in [-0.05, 0) is 55.5 Å². The second-order valence-corrected chi connectivity index (χ2v) is 6.89. The fraction of sp³-hybridized carbons (Fsp3) is 0.158. The normalized spacial score (nSPS) is 10.5. The van der Waals surface area contributed by atoms with Crippen molar-refractivity contribution >= 4 is 51.9 Å². The van der Waals surface area contributed by atoms with Gasteiger partial charge >= 0.3 is 0 Å². The zero-order valence-corrected chi connectivity index (χ0v) is 16.9. The maximum absolute atomic E-state index is 6.21. The maximum atomic E-state index is 6.21. The topological polar surface area (TPSA) is 51.1 Å². The van der Waals surface area contributed by atoms with E-state index in [9.17, 15) is 0 Å². The van der Waals surface area contributed by atoms with E-state index in [0.29, 0.717) is 28.3 Å². The Balaban J connectivity index is 1.59. The Morgan fingerprint density at radius 1 is 1.07 bits per heavy atom. The number of hydrogen-bond donors (Lipinski definition) is 2. The first-order chi connectivity index (χ1) is 13.0. The highest BCUT2D eigenvalue weighted by atomic mass is 35.5. The second-order valence-electron chi connectivity index (χ2n) is 5.66. The fourth-order valence-corrected chi connectivity index (χ4v) is 3.21. The molecule has 27 heavy (non-hydrogen) atoms. The lowest BCUT2D eigenvalue weighted by Crippen LogP contribution is -2.18. The first-order valence-electron chi connectivity index (χ1n) is 8.31. The molecule has 0 amide bonds. The number of ether oxygens (including phenoxy) is 1. The summed E-state index contributed by atoms with van der Waals surface area (Å²) in [6, 6.07) is 13.0. The van der Waals surface area contributed by atoms with Crippen molar-refractivity contribution in [2.24, 2.45) is 0 Å². The van der Waals surface area contributed by atoms with E-state index >= 15 is 0 Å². The van der Waals surface area contributed by atoms with Gasteiger partial charge in [-0.3, -0.25) is 4.68 Å². The molecule has 3 aromatic rings. The third-order valence-corrected chi connectivity index (χ3v) is 4.61. The van der Waals surface area contributed by atoms with Gasteiger partial charge in [-0.15, -0.1) is 0 Å². The van der Waals surface area contributed by atoms with Crippen molar-refractivity contribution < 1.29 is 4.74 Å². The van der Waals surface area contributed by atoms with E-state index < -0.39 is 0 Å². The minimum atomic E-state index is 0.467. The quantitative estimate of drug-likeness (QED) is 0.519. The van der Waals surface area contributed by atoms with E-state index in [1.807, 2.05) is 43.5 Å². The predicted octanol–water partition coefficient (Wildman–Crippen LogP) is 5.45. The van der Waals surface area contributed by atoms with Gasteiger partial charge in [0, 0.05) is 27.5 Å². The van der Waals surface area contributed by atoms with Crippen molar-refractivity contribution in [3.05, 3.63) is 70.5 Å². The Morgan fingerprint density at radius 3 is 2.41 bits per heavy atom. The largest absolute Gasteiger partial charge is 0.494 e. The Kier molecular flexibility index (Phi) is 6.55. The highest BCUT2D eigenvalue weighted by Gasteiger charge is 2.08. The minimum absolute atomic E-state index is 0.467. The van der Waals surface area contributed by atoms with Crippen LogP contribution in [0.1, 0.15) is 12.5 Å². The lowest BCUT2D eigenvalue weighted by atomic mass is 10.2. The van der Waals surface area contributed by atoms with E-state index in [4.69, 9.17) is 40.2 Å². The zero-order chi connectivity index (χ0) is 19.2. The summed E-state index contributed by atoms with van der Waals surface area (Å²) in [7, 11) is 0. The number of aromatic nitrogens is 2. The molecule has 5 nitrogen and oxygen atoms in total. The van der Waals surface area contributed by atoms with Gasteiger partial charge < -0.3 is 15.4 Å². The van der Waals surface area contributed by atoms with Crippen molar-refractivity contribution in [3.8, 4) is 5.75 Å². The summed E-state index contributed by atoms with van der Waals surface area (Å²) < 4.78 is 7.17. The van der Waals surface area contributed by atoms with Crippen molar-refractivity contribution in [2.45, 2.75) is 13.5 Å². The second kappa shape index (κ2) is 9.08. The third-order valence-electron chi connectivity index (χ3n) is 3.70. The molecule has 0 fully saturated rings. The van der Waals surface area contributed by atoms with E-state index in [1.54, 1.807) is 23.0 Å². The molecule has 0 aliphatic carbocycles. The number of halogens is 2. The number of anilines is 2. The molecule has 140 valence electrons. The highest BCUT2D eigenvalue weighted by molar-refractivity contribution is 7.80. The molecule has 1 heterocycles. The van der Waals surface area contributed by atoms with Crippen LogP contribution in [0.15, 0.2) is 54.9 Å². The first kappa shape index (κ1) is 19.5. The number of nitrogens with one attached hydrogen (secondary N) is 2. The van der Waals surface area contributed by atoms with Gasteiger partial charge in [-0.2, -0.15) is 5.10 Å². The molecule has 2 N–H and O–H groups in total. The monoisotopic (exact) mass is 420 g/mol.